The van der Waals surface area contributed by atoms with E-state index in [9.17, 15) is 5.11 Å². The van der Waals surface area contributed by atoms with Gasteiger partial charge in [-0.3, -0.25) is 0 Å². The van der Waals surface area contributed by atoms with Crippen molar-refractivity contribution in [2.24, 2.45) is 5.92 Å². The van der Waals surface area contributed by atoms with E-state index in [4.69, 9.17) is 10.5 Å². The Balaban J connectivity index is 1.97. The summed E-state index contributed by atoms with van der Waals surface area (Å²) < 4.78 is 5.15. The van der Waals surface area contributed by atoms with E-state index in [0.29, 0.717) is 23.3 Å². The topological polar surface area (TPSA) is 93.3 Å². The van der Waals surface area contributed by atoms with Crippen LogP contribution in [0.4, 0.5) is 11.6 Å². The molecule has 0 bridgehead atoms. The van der Waals surface area contributed by atoms with Crippen molar-refractivity contribution in [3.63, 3.8) is 0 Å². The molecule has 0 spiro atoms. The SMILES string of the molecule is COc1c(N)ncnc1NCC1CCC(O)C1. The average Bonchev–Trinajstić information content (AvgIpc) is 2.72. The molecule has 1 saturated carbocycles. The maximum atomic E-state index is 9.44. The molecule has 1 aromatic rings. The predicted molar refractivity (Wildman–Crippen MR) is 64.8 cm³/mol. The Morgan fingerprint density at radius 1 is 1.53 bits per heavy atom. The zero-order chi connectivity index (χ0) is 12.3. The number of aliphatic hydroxyl groups excluding tert-OH is 1. The van der Waals surface area contributed by atoms with Gasteiger partial charge in [0.05, 0.1) is 13.2 Å². The van der Waals surface area contributed by atoms with E-state index in [1.165, 1.54) is 6.33 Å². The molecular formula is C11H18N4O2. The molecule has 0 amide bonds. The molecule has 2 atom stereocenters. The number of anilines is 2. The Bertz CT molecular complexity index is 386. The Morgan fingerprint density at radius 3 is 3.00 bits per heavy atom. The second-order valence-electron chi connectivity index (χ2n) is 4.35. The van der Waals surface area contributed by atoms with E-state index < -0.39 is 0 Å². The van der Waals surface area contributed by atoms with Gasteiger partial charge in [0.15, 0.2) is 11.6 Å². The summed E-state index contributed by atoms with van der Waals surface area (Å²) >= 11 is 0. The van der Waals surface area contributed by atoms with Gasteiger partial charge >= 0.3 is 0 Å². The highest BCUT2D eigenvalue weighted by atomic mass is 16.5. The molecule has 1 heterocycles. The lowest BCUT2D eigenvalue weighted by Crippen LogP contribution is -2.14. The van der Waals surface area contributed by atoms with E-state index in [-0.39, 0.29) is 6.10 Å². The molecule has 1 fully saturated rings. The van der Waals surface area contributed by atoms with Crippen LogP contribution in [0.1, 0.15) is 19.3 Å². The summed E-state index contributed by atoms with van der Waals surface area (Å²) in [4.78, 5) is 7.96. The maximum Gasteiger partial charge on any atom is 0.203 e. The minimum atomic E-state index is -0.154. The van der Waals surface area contributed by atoms with Gasteiger partial charge in [-0.2, -0.15) is 0 Å². The van der Waals surface area contributed by atoms with Crippen molar-refractivity contribution >= 4 is 11.6 Å². The van der Waals surface area contributed by atoms with Crippen LogP contribution in [-0.2, 0) is 0 Å². The Labute approximate surface area is 100 Å². The summed E-state index contributed by atoms with van der Waals surface area (Å²) in [6.45, 7) is 0.768. The number of ether oxygens (including phenoxy) is 1. The third kappa shape index (κ3) is 2.76. The van der Waals surface area contributed by atoms with E-state index in [1.54, 1.807) is 7.11 Å². The standard InChI is InChI=1S/C11H18N4O2/c1-17-9-10(12)14-6-15-11(9)13-5-7-2-3-8(16)4-7/h6-8,16H,2-5H2,1H3,(H3,12,13,14,15). The second kappa shape index (κ2) is 5.18. The number of nitrogens with zero attached hydrogens (tertiary/aromatic N) is 2. The summed E-state index contributed by atoms with van der Waals surface area (Å²) in [5.74, 6) is 1.90. The molecule has 0 radical (unpaired) electrons. The number of aliphatic hydroxyl groups is 1. The van der Waals surface area contributed by atoms with Crippen molar-refractivity contribution in [1.29, 1.82) is 0 Å². The lowest BCUT2D eigenvalue weighted by Gasteiger charge is -2.14. The number of nitrogen functional groups attached to an aromatic ring is 1. The van der Waals surface area contributed by atoms with Crippen LogP contribution < -0.4 is 15.8 Å². The molecule has 6 nitrogen and oxygen atoms in total. The van der Waals surface area contributed by atoms with Crippen LogP contribution in [-0.4, -0.2) is 34.8 Å². The maximum absolute atomic E-state index is 9.44. The molecule has 2 rings (SSSR count). The summed E-state index contributed by atoms with van der Waals surface area (Å²) in [5, 5.41) is 12.6. The fraction of sp³-hybridized carbons (Fsp3) is 0.636. The highest BCUT2D eigenvalue weighted by Gasteiger charge is 2.23. The van der Waals surface area contributed by atoms with Crippen LogP contribution >= 0.6 is 0 Å². The van der Waals surface area contributed by atoms with Gasteiger partial charge < -0.3 is 20.9 Å². The van der Waals surface area contributed by atoms with Gasteiger partial charge in [-0.15, -0.1) is 0 Å². The zero-order valence-electron chi connectivity index (χ0n) is 9.89. The lowest BCUT2D eigenvalue weighted by atomic mass is 10.1. The minimum Gasteiger partial charge on any atom is -0.490 e. The zero-order valence-corrected chi connectivity index (χ0v) is 9.89. The monoisotopic (exact) mass is 238 g/mol. The molecule has 2 unspecified atom stereocenters. The van der Waals surface area contributed by atoms with Crippen LogP contribution in [0.3, 0.4) is 0 Å². The first-order valence-electron chi connectivity index (χ1n) is 5.77. The summed E-state index contributed by atoms with van der Waals surface area (Å²) in [6.07, 6.45) is 4.02. The average molecular weight is 238 g/mol. The first-order valence-corrected chi connectivity index (χ1v) is 5.77. The van der Waals surface area contributed by atoms with Crippen LogP contribution in [0.5, 0.6) is 5.75 Å². The Hall–Kier alpha value is -1.56. The van der Waals surface area contributed by atoms with Crippen LogP contribution in [0.15, 0.2) is 6.33 Å². The number of nitrogens with one attached hydrogen (secondary N) is 1. The van der Waals surface area contributed by atoms with E-state index in [2.05, 4.69) is 15.3 Å². The Morgan fingerprint density at radius 2 is 2.35 bits per heavy atom. The lowest BCUT2D eigenvalue weighted by molar-refractivity contribution is 0.178. The van der Waals surface area contributed by atoms with Crippen molar-refractivity contribution in [3.05, 3.63) is 6.33 Å². The minimum absolute atomic E-state index is 0.154. The molecule has 1 aromatic heterocycles. The highest BCUT2D eigenvalue weighted by Crippen LogP contribution is 2.29. The smallest absolute Gasteiger partial charge is 0.203 e. The molecule has 6 heteroatoms. The fourth-order valence-electron chi connectivity index (χ4n) is 2.19. The van der Waals surface area contributed by atoms with Crippen LogP contribution in [0.2, 0.25) is 0 Å². The van der Waals surface area contributed by atoms with Crippen LogP contribution in [0.25, 0.3) is 0 Å². The van der Waals surface area contributed by atoms with Gasteiger partial charge in [0.1, 0.15) is 6.33 Å². The normalized spacial score (nSPS) is 23.6. The molecule has 0 saturated heterocycles. The molecule has 17 heavy (non-hydrogen) atoms. The molecule has 94 valence electrons. The first kappa shape index (κ1) is 11.9. The third-order valence-electron chi connectivity index (χ3n) is 3.11. The fourth-order valence-corrected chi connectivity index (χ4v) is 2.19. The van der Waals surface area contributed by atoms with Gasteiger partial charge in [-0.05, 0) is 25.2 Å². The molecule has 0 aromatic carbocycles. The number of hydrogen-bond donors (Lipinski definition) is 3. The first-order chi connectivity index (χ1) is 8.20. The molecule has 1 aliphatic carbocycles. The second-order valence-corrected chi connectivity index (χ2v) is 4.35. The van der Waals surface area contributed by atoms with Crippen molar-refractivity contribution in [2.75, 3.05) is 24.7 Å². The number of methoxy groups -OCH3 is 1. The quantitative estimate of drug-likeness (QED) is 0.712. The van der Waals surface area contributed by atoms with Crippen molar-refractivity contribution in [3.8, 4) is 5.75 Å². The number of rotatable bonds is 4. The van der Waals surface area contributed by atoms with Gasteiger partial charge in [0, 0.05) is 6.54 Å². The Kier molecular flexibility index (Phi) is 3.63. The summed E-state index contributed by atoms with van der Waals surface area (Å²) in [7, 11) is 1.54. The third-order valence-corrected chi connectivity index (χ3v) is 3.11. The molecular weight excluding hydrogens is 220 g/mol. The van der Waals surface area contributed by atoms with Gasteiger partial charge in [-0.1, -0.05) is 0 Å². The molecule has 4 N–H and O–H groups in total. The van der Waals surface area contributed by atoms with E-state index >= 15 is 0 Å². The van der Waals surface area contributed by atoms with Gasteiger partial charge in [0.2, 0.25) is 5.75 Å². The number of aromatic nitrogens is 2. The van der Waals surface area contributed by atoms with Crippen LogP contribution in [0, 0.1) is 5.92 Å². The van der Waals surface area contributed by atoms with Crippen molar-refractivity contribution in [1.82, 2.24) is 9.97 Å². The van der Waals surface area contributed by atoms with Crippen molar-refractivity contribution in [2.45, 2.75) is 25.4 Å². The number of hydrogen-bond acceptors (Lipinski definition) is 6. The largest absolute Gasteiger partial charge is 0.490 e. The predicted octanol–water partition coefficient (Wildman–Crippen LogP) is 0.640. The molecule has 1 aliphatic rings. The molecule has 0 aliphatic heterocycles. The van der Waals surface area contributed by atoms with Gasteiger partial charge in [0.25, 0.3) is 0 Å². The summed E-state index contributed by atoms with van der Waals surface area (Å²) in [5.41, 5.74) is 5.68. The van der Waals surface area contributed by atoms with E-state index in [0.717, 1.165) is 25.8 Å². The summed E-state index contributed by atoms with van der Waals surface area (Å²) in [6, 6.07) is 0. The van der Waals surface area contributed by atoms with Crippen molar-refractivity contribution < 1.29 is 9.84 Å². The number of nitrogens with two attached hydrogens (primary N) is 1. The highest BCUT2D eigenvalue weighted by molar-refractivity contribution is 5.61. The van der Waals surface area contributed by atoms with E-state index in [1.807, 2.05) is 0 Å². The van der Waals surface area contributed by atoms with Gasteiger partial charge in [-0.25, -0.2) is 9.97 Å².